The molecular formula is C20H22N2O4S. The second kappa shape index (κ2) is 9.87. The average molecular weight is 386 g/mol. The fourth-order valence-electron chi connectivity index (χ4n) is 2.39. The monoisotopic (exact) mass is 386 g/mol. The SMILES string of the molecule is CCCC(=O)Nc1ccc(C(=O)[C@@H](C)OC(=O)c2cccnc2SC)cc1. The molecule has 1 aromatic heterocycles. The Kier molecular flexibility index (Phi) is 7.55. The summed E-state index contributed by atoms with van der Waals surface area (Å²) in [5.41, 5.74) is 1.35. The van der Waals surface area contributed by atoms with Crippen LogP contribution in [0.3, 0.4) is 0 Å². The van der Waals surface area contributed by atoms with Crippen LogP contribution in [0.4, 0.5) is 5.69 Å². The second-order valence-electron chi connectivity index (χ2n) is 5.85. The van der Waals surface area contributed by atoms with Gasteiger partial charge in [-0.2, -0.15) is 0 Å². The smallest absolute Gasteiger partial charge is 0.341 e. The van der Waals surface area contributed by atoms with Crippen LogP contribution in [0.2, 0.25) is 0 Å². The normalized spacial score (nSPS) is 11.5. The first kappa shape index (κ1) is 20.6. The zero-order valence-corrected chi connectivity index (χ0v) is 16.3. The molecule has 0 saturated carbocycles. The summed E-state index contributed by atoms with van der Waals surface area (Å²) in [7, 11) is 0. The van der Waals surface area contributed by atoms with E-state index in [0.29, 0.717) is 28.3 Å². The van der Waals surface area contributed by atoms with E-state index in [2.05, 4.69) is 10.3 Å². The summed E-state index contributed by atoms with van der Waals surface area (Å²) in [6, 6.07) is 9.78. The van der Waals surface area contributed by atoms with Gasteiger partial charge in [0.15, 0.2) is 6.10 Å². The van der Waals surface area contributed by atoms with Crippen molar-refractivity contribution in [3.8, 4) is 0 Å². The minimum Gasteiger partial charge on any atom is -0.451 e. The highest BCUT2D eigenvalue weighted by atomic mass is 32.2. The Morgan fingerprint density at radius 2 is 1.89 bits per heavy atom. The maximum absolute atomic E-state index is 12.5. The molecule has 1 atom stereocenters. The van der Waals surface area contributed by atoms with E-state index in [-0.39, 0.29) is 11.7 Å². The van der Waals surface area contributed by atoms with Crippen molar-refractivity contribution in [2.24, 2.45) is 0 Å². The van der Waals surface area contributed by atoms with E-state index in [0.717, 1.165) is 6.42 Å². The predicted octanol–water partition coefficient (Wildman–Crippen LogP) is 3.97. The van der Waals surface area contributed by atoms with Crippen LogP contribution in [0.5, 0.6) is 0 Å². The van der Waals surface area contributed by atoms with Gasteiger partial charge in [-0.1, -0.05) is 6.92 Å². The highest BCUT2D eigenvalue weighted by molar-refractivity contribution is 7.98. The molecule has 0 saturated heterocycles. The summed E-state index contributed by atoms with van der Waals surface area (Å²) in [6.45, 7) is 3.46. The standard InChI is InChI=1S/C20H22N2O4S/c1-4-6-17(23)22-15-10-8-14(9-11-15)18(24)13(2)26-20(25)16-7-5-12-21-19(16)27-3/h5,7-13H,4,6H2,1-3H3,(H,22,23)/t13-/m1/s1. The summed E-state index contributed by atoms with van der Waals surface area (Å²) < 4.78 is 5.31. The lowest BCUT2D eigenvalue weighted by Crippen LogP contribution is -2.25. The van der Waals surface area contributed by atoms with Gasteiger partial charge < -0.3 is 10.1 Å². The summed E-state index contributed by atoms with van der Waals surface area (Å²) in [5.74, 6) is -0.971. The molecule has 1 N–H and O–H groups in total. The van der Waals surface area contributed by atoms with E-state index in [1.165, 1.54) is 18.7 Å². The molecule has 6 nitrogen and oxygen atoms in total. The predicted molar refractivity (Wildman–Crippen MR) is 105 cm³/mol. The molecule has 0 radical (unpaired) electrons. The molecule has 27 heavy (non-hydrogen) atoms. The van der Waals surface area contributed by atoms with Crippen LogP contribution in [-0.4, -0.2) is 35.0 Å². The van der Waals surface area contributed by atoms with Crippen LogP contribution in [0.25, 0.3) is 0 Å². The van der Waals surface area contributed by atoms with Crippen molar-refractivity contribution in [2.45, 2.75) is 37.8 Å². The van der Waals surface area contributed by atoms with Crippen LogP contribution in [0, 0.1) is 0 Å². The largest absolute Gasteiger partial charge is 0.451 e. The van der Waals surface area contributed by atoms with Crippen molar-refractivity contribution < 1.29 is 19.1 Å². The number of carbonyl (C=O) groups is 3. The Labute approximate surface area is 162 Å². The number of nitrogens with one attached hydrogen (secondary N) is 1. The lowest BCUT2D eigenvalue weighted by molar-refractivity contribution is -0.116. The van der Waals surface area contributed by atoms with Crippen molar-refractivity contribution >= 4 is 35.1 Å². The summed E-state index contributed by atoms with van der Waals surface area (Å²) in [4.78, 5) is 40.6. The molecule has 0 unspecified atom stereocenters. The number of benzene rings is 1. The molecule has 1 aromatic carbocycles. The van der Waals surface area contributed by atoms with E-state index in [1.54, 1.807) is 42.6 Å². The lowest BCUT2D eigenvalue weighted by Gasteiger charge is -2.14. The van der Waals surface area contributed by atoms with Gasteiger partial charge in [0.1, 0.15) is 5.03 Å². The maximum atomic E-state index is 12.5. The van der Waals surface area contributed by atoms with Gasteiger partial charge in [-0.05, 0) is 56.0 Å². The Balaban J connectivity index is 2.02. The van der Waals surface area contributed by atoms with E-state index in [4.69, 9.17) is 4.74 Å². The maximum Gasteiger partial charge on any atom is 0.341 e. The first-order valence-corrected chi connectivity index (χ1v) is 9.82. The number of Topliss-reactive ketones (excluding diaryl/α,β-unsaturated/α-hetero) is 1. The fraction of sp³-hybridized carbons (Fsp3) is 0.300. The number of thioether (sulfide) groups is 1. The van der Waals surface area contributed by atoms with Crippen LogP contribution in [-0.2, 0) is 9.53 Å². The van der Waals surface area contributed by atoms with Crippen molar-refractivity contribution in [2.75, 3.05) is 11.6 Å². The van der Waals surface area contributed by atoms with Gasteiger partial charge in [-0.25, -0.2) is 9.78 Å². The Morgan fingerprint density at radius 1 is 1.19 bits per heavy atom. The van der Waals surface area contributed by atoms with Gasteiger partial charge in [-0.15, -0.1) is 11.8 Å². The topological polar surface area (TPSA) is 85.4 Å². The number of nitrogens with zero attached hydrogens (tertiary/aromatic N) is 1. The third-order valence-electron chi connectivity index (χ3n) is 3.77. The van der Waals surface area contributed by atoms with E-state index in [9.17, 15) is 14.4 Å². The van der Waals surface area contributed by atoms with Crippen LogP contribution in [0.1, 0.15) is 47.4 Å². The number of rotatable bonds is 8. The van der Waals surface area contributed by atoms with Gasteiger partial charge in [0.05, 0.1) is 5.56 Å². The number of pyridine rings is 1. The number of esters is 1. The molecular weight excluding hydrogens is 364 g/mol. The Hall–Kier alpha value is -2.67. The molecule has 1 amide bonds. The molecule has 2 rings (SSSR count). The van der Waals surface area contributed by atoms with Gasteiger partial charge in [0.2, 0.25) is 11.7 Å². The zero-order valence-electron chi connectivity index (χ0n) is 15.5. The summed E-state index contributed by atoms with van der Waals surface area (Å²) in [6.07, 6.45) is 3.68. The zero-order chi connectivity index (χ0) is 19.8. The minimum absolute atomic E-state index is 0.0695. The molecule has 0 fully saturated rings. The summed E-state index contributed by atoms with van der Waals surface area (Å²) >= 11 is 1.33. The van der Waals surface area contributed by atoms with Gasteiger partial charge in [-0.3, -0.25) is 9.59 Å². The van der Waals surface area contributed by atoms with E-state index in [1.807, 2.05) is 13.2 Å². The number of ether oxygens (including phenoxy) is 1. The first-order valence-electron chi connectivity index (χ1n) is 8.60. The number of hydrogen-bond donors (Lipinski definition) is 1. The van der Waals surface area contributed by atoms with Gasteiger partial charge in [0.25, 0.3) is 0 Å². The fourth-order valence-corrected chi connectivity index (χ4v) is 2.93. The van der Waals surface area contributed by atoms with Crippen molar-refractivity contribution in [1.29, 1.82) is 0 Å². The molecule has 0 bridgehead atoms. The van der Waals surface area contributed by atoms with Crippen LogP contribution < -0.4 is 5.32 Å². The van der Waals surface area contributed by atoms with E-state index < -0.39 is 12.1 Å². The number of aromatic nitrogens is 1. The van der Waals surface area contributed by atoms with Gasteiger partial charge in [0, 0.05) is 23.9 Å². The van der Waals surface area contributed by atoms with Crippen LogP contribution >= 0.6 is 11.8 Å². The number of ketones is 1. The lowest BCUT2D eigenvalue weighted by atomic mass is 10.1. The highest BCUT2D eigenvalue weighted by Crippen LogP contribution is 2.19. The molecule has 2 aromatic rings. The minimum atomic E-state index is -0.937. The number of amides is 1. The quantitative estimate of drug-likeness (QED) is 0.420. The number of hydrogen-bond acceptors (Lipinski definition) is 6. The number of carbonyl (C=O) groups excluding carboxylic acids is 3. The Bertz CT molecular complexity index is 821. The Morgan fingerprint density at radius 3 is 2.52 bits per heavy atom. The third-order valence-corrected chi connectivity index (χ3v) is 4.48. The van der Waals surface area contributed by atoms with E-state index >= 15 is 0 Å². The first-order chi connectivity index (χ1) is 13.0. The highest BCUT2D eigenvalue weighted by Gasteiger charge is 2.22. The second-order valence-corrected chi connectivity index (χ2v) is 6.64. The average Bonchev–Trinajstić information content (AvgIpc) is 2.68. The number of anilines is 1. The summed E-state index contributed by atoms with van der Waals surface area (Å²) in [5, 5.41) is 3.31. The van der Waals surface area contributed by atoms with Crippen molar-refractivity contribution in [1.82, 2.24) is 4.98 Å². The molecule has 1 heterocycles. The van der Waals surface area contributed by atoms with Gasteiger partial charge >= 0.3 is 5.97 Å². The van der Waals surface area contributed by atoms with Crippen molar-refractivity contribution in [3.63, 3.8) is 0 Å². The third kappa shape index (κ3) is 5.65. The van der Waals surface area contributed by atoms with Crippen molar-refractivity contribution in [3.05, 3.63) is 53.7 Å². The van der Waals surface area contributed by atoms with Crippen LogP contribution in [0.15, 0.2) is 47.6 Å². The molecule has 142 valence electrons. The molecule has 0 spiro atoms. The molecule has 0 aliphatic rings. The molecule has 0 aliphatic heterocycles. The molecule has 0 aliphatic carbocycles. The molecule has 7 heteroatoms.